The fourth-order valence-electron chi connectivity index (χ4n) is 0.572. The van der Waals surface area contributed by atoms with E-state index in [-0.39, 0.29) is 0 Å². The van der Waals surface area contributed by atoms with E-state index in [1.165, 1.54) is 21.0 Å². The maximum atomic E-state index is 10.8. The van der Waals surface area contributed by atoms with Gasteiger partial charge in [-0.25, -0.2) is 4.79 Å². The molecule has 0 aromatic carbocycles. The average molecular weight is 159 g/mol. The maximum Gasteiger partial charge on any atom is 0.349 e. The highest BCUT2D eigenvalue weighted by atomic mass is 16.6. The van der Waals surface area contributed by atoms with E-state index in [1.54, 1.807) is 0 Å². The van der Waals surface area contributed by atoms with Crippen LogP contribution in [-0.2, 0) is 19.1 Å². The van der Waals surface area contributed by atoms with Gasteiger partial charge in [-0.2, -0.15) is 0 Å². The van der Waals surface area contributed by atoms with E-state index in [9.17, 15) is 9.59 Å². The molecular formula is C7H11O4. The first-order valence-corrected chi connectivity index (χ1v) is 3.03. The van der Waals surface area contributed by atoms with Gasteiger partial charge in [0.25, 0.3) is 0 Å². The van der Waals surface area contributed by atoms with Gasteiger partial charge in [0.1, 0.15) is 0 Å². The third kappa shape index (κ3) is 3.02. The van der Waals surface area contributed by atoms with Crippen LogP contribution in [0.5, 0.6) is 0 Å². The van der Waals surface area contributed by atoms with Crippen LogP contribution in [-0.4, -0.2) is 24.6 Å². The summed E-state index contributed by atoms with van der Waals surface area (Å²) in [6.07, 6.45) is 0. The molecule has 0 amide bonds. The molecule has 0 saturated heterocycles. The van der Waals surface area contributed by atoms with E-state index in [4.69, 9.17) is 0 Å². The monoisotopic (exact) mass is 159 g/mol. The molecule has 0 heterocycles. The maximum absolute atomic E-state index is 10.8. The SMILES string of the molecule is [CH2]C(=O)OC(C)(C)C(=O)OC. The predicted octanol–water partition coefficient (Wildman–Crippen LogP) is 0.315. The van der Waals surface area contributed by atoms with Gasteiger partial charge < -0.3 is 9.47 Å². The summed E-state index contributed by atoms with van der Waals surface area (Å²) in [6.45, 7) is 5.84. The Bertz CT molecular complexity index is 171. The molecule has 0 aliphatic carbocycles. The quantitative estimate of drug-likeness (QED) is 0.544. The number of esters is 2. The molecule has 0 saturated carbocycles. The molecule has 11 heavy (non-hydrogen) atoms. The number of methoxy groups -OCH3 is 1. The second-order valence-electron chi connectivity index (χ2n) is 2.48. The molecule has 4 heteroatoms. The van der Waals surface area contributed by atoms with E-state index in [0.29, 0.717) is 0 Å². The van der Waals surface area contributed by atoms with Crippen LogP contribution in [0, 0.1) is 6.92 Å². The molecule has 0 aromatic heterocycles. The van der Waals surface area contributed by atoms with Crippen LogP contribution in [0.4, 0.5) is 0 Å². The zero-order valence-corrected chi connectivity index (χ0v) is 6.84. The number of hydrogen-bond acceptors (Lipinski definition) is 4. The van der Waals surface area contributed by atoms with Gasteiger partial charge in [0.2, 0.25) is 5.60 Å². The molecule has 0 unspecified atom stereocenters. The van der Waals surface area contributed by atoms with Gasteiger partial charge in [-0.3, -0.25) is 4.79 Å². The Morgan fingerprint density at radius 2 is 1.82 bits per heavy atom. The van der Waals surface area contributed by atoms with Crippen LogP contribution in [0.2, 0.25) is 0 Å². The summed E-state index contributed by atoms with van der Waals surface area (Å²) in [6, 6.07) is 0. The van der Waals surface area contributed by atoms with Crippen molar-refractivity contribution in [3.05, 3.63) is 6.92 Å². The van der Waals surface area contributed by atoms with Gasteiger partial charge in [-0.15, -0.1) is 0 Å². The van der Waals surface area contributed by atoms with Crippen molar-refractivity contribution >= 4 is 11.9 Å². The number of hydrogen-bond donors (Lipinski definition) is 0. The second-order valence-corrected chi connectivity index (χ2v) is 2.48. The minimum atomic E-state index is -1.24. The minimum Gasteiger partial charge on any atom is -0.466 e. The number of carbonyl (C=O) groups is 2. The van der Waals surface area contributed by atoms with E-state index < -0.39 is 17.5 Å². The fourth-order valence-corrected chi connectivity index (χ4v) is 0.572. The van der Waals surface area contributed by atoms with Crippen LogP contribution in [0.3, 0.4) is 0 Å². The van der Waals surface area contributed by atoms with Crippen molar-refractivity contribution in [1.82, 2.24) is 0 Å². The number of ether oxygens (including phenoxy) is 2. The molecule has 0 aromatic rings. The lowest BCUT2D eigenvalue weighted by Crippen LogP contribution is -2.37. The van der Waals surface area contributed by atoms with E-state index in [0.717, 1.165) is 0 Å². The zero-order chi connectivity index (χ0) is 9.07. The Morgan fingerprint density at radius 3 is 2.09 bits per heavy atom. The predicted molar refractivity (Wildman–Crippen MR) is 37.5 cm³/mol. The lowest BCUT2D eigenvalue weighted by molar-refractivity contribution is -0.173. The van der Waals surface area contributed by atoms with Gasteiger partial charge in [0, 0.05) is 0 Å². The van der Waals surface area contributed by atoms with Gasteiger partial charge >= 0.3 is 11.9 Å². The van der Waals surface area contributed by atoms with Crippen molar-refractivity contribution in [2.45, 2.75) is 19.4 Å². The lowest BCUT2D eigenvalue weighted by Gasteiger charge is -2.20. The Hall–Kier alpha value is -1.06. The molecule has 0 fully saturated rings. The first-order valence-electron chi connectivity index (χ1n) is 3.03. The van der Waals surface area contributed by atoms with Crippen LogP contribution in [0.25, 0.3) is 0 Å². The molecular weight excluding hydrogens is 148 g/mol. The summed E-state index contributed by atoms with van der Waals surface area (Å²) in [4.78, 5) is 21.2. The highest BCUT2D eigenvalue weighted by Gasteiger charge is 2.31. The molecule has 0 atom stereocenters. The summed E-state index contributed by atoms with van der Waals surface area (Å²) in [5.41, 5.74) is -1.24. The third-order valence-corrected chi connectivity index (χ3v) is 1.05. The highest BCUT2D eigenvalue weighted by Crippen LogP contribution is 2.10. The number of carbonyl (C=O) groups excluding carboxylic acids is 2. The van der Waals surface area contributed by atoms with Crippen LogP contribution in [0.15, 0.2) is 0 Å². The van der Waals surface area contributed by atoms with Crippen LogP contribution >= 0.6 is 0 Å². The summed E-state index contributed by atoms with van der Waals surface area (Å²) in [5, 5.41) is 0. The van der Waals surface area contributed by atoms with E-state index >= 15 is 0 Å². The zero-order valence-electron chi connectivity index (χ0n) is 6.84. The topological polar surface area (TPSA) is 52.6 Å². The largest absolute Gasteiger partial charge is 0.466 e. The summed E-state index contributed by atoms with van der Waals surface area (Å²) >= 11 is 0. The average Bonchev–Trinajstić information content (AvgIpc) is 1.83. The molecule has 0 spiro atoms. The first kappa shape index (κ1) is 9.94. The first-order chi connectivity index (χ1) is 4.90. The fraction of sp³-hybridized carbons (Fsp3) is 0.571. The molecule has 4 nitrogen and oxygen atoms in total. The Kier molecular flexibility index (Phi) is 3.04. The van der Waals surface area contributed by atoms with Crippen LogP contribution < -0.4 is 0 Å². The molecule has 0 N–H and O–H groups in total. The molecule has 0 aliphatic heterocycles. The van der Waals surface area contributed by atoms with Crippen molar-refractivity contribution in [2.24, 2.45) is 0 Å². The minimum absolute atomic E-state index is 0.602. The van der Waals surface area contributed by atoms with Gasteiger partial charge in [-0.05, 0) is 13.8 Å². The molecule has 63 valence electrons. The van der Waals surface area contributed by atoms with Crippen LogP contribution in [0.1, 0.15) is 13.8 Å². The molecule has 1 radical (unpaired) electrons. The highest BCUT2D eigenvalue weighted by molar-refractivity contribution is 5.83. The van der Waals surface area contributed by atoms with Crippen molar-refractivity contribution in [3.63, 3.8) is 0 Å². The van der Waals surface area contributed by atoms with E-state index in [1.807, 2.05) is 0 Å². The Morgan fingerprint density at radius 1 is 1.36 bits per heavy atom. The summed E-state index contributed by atoms with van der Waals surface area (Å²) in [5.74, 6) is -1.35. The Balaban J connectivity index is 4.21. The third-order valence-electron chi connectivity index (χ3n) is 1.05. The van der Waals surface area contributed by atoms with Crippen molar-refractivity contribution in [2.75, 3.05) is 7.11 Å². The molecule has 0 bridgehead atoms. The van der Waals surface area contributed by atoms with Crippen molar-refractivity contribution < 1.29 is 19.1 Å². The van der Waals surface area contributed by atoms with E-state index in [2.05, 4.69) is 16.4 Å². The molecule has 0 rings (SSSR count). The number of rotatable bonds is 2. The van der Waals surface area contributed by atoms with Crippen molar-refractivity contribution in [3.8, 4) is 0 Å². The summed E-state index contributed by atoms with van der Waals surface area (Å²) in [7, 11) is 1.22. The smallest absolute Gasteiger partial charge is 0.349 e. The Labute approximate surface area is 65.5 Å². The molecule has 0 aliphatic rings. The van der Waals surface area contributed by atoms with Gasteiger partial charge in [0.15, 0.2) is 0 Å². The standard InChI is InChI=1S/C7H11O4/c1-5(8)11-7(2,3)6(9)10-4/h1H2,2-4H3. The summed E-state index contributed by atoms with van der Waals surface area (Å²) < 4.78 is 8.94. The second kappa shape index (κ2) is 3.37. The van der Waals surface area contributed by atoms with Crippen molar-refractivity contribution in [1.29, 1.82) is 0 Å². The lowest BCUT2D eigenvalue weighted by atomic mass is 10.1. The van der Waals surface area contributed by atoms with Gasteiger partial charge in [-0.1, -0.05) is 0 Å². The normalized spacial score (nSPS) is 10.5. The van der Waals surface area contributed by atoms with Gasteiger partial charge in [0.05, 0.1) is 14.0 Å².